The molecule has 0 fully saturated rings. The van der Waals surface area contributed by atoms with Crippen molar-refractivity contribution >= 4 is 0 Å². The molecule has 1 atom stereocenters. The fourth-order valence-electron chi connectivity index (χ4n) is 0.613. The second-order valence-corrected chi connectivity index (χ2v) is 5.77. The fraction of sp³-hybridized carbons (Fsp3) is 1.00. The van der Waals surface area contributed by atoms with E-state index in [1.54, 1.807) is 0 Å². The zero-order valence-corrected chi connectivity index (χ0v) is 8.18. The summed E-state index contributed by atoms with van der Waals surface area (Å²) in [6.45, 7) is 2.58. The Morgan fingerprint density at radius 2 is 2.33 bits per heavy atom. The van der Waals surface area contributed by atoms with Crippen LogP contribution in [0.15, 0.2) is 0 Å². The van der Waals surface area contributed by atoms with Gasteiger partial charge in [0, 0.05) is 0 Å². The van der Waals surface area contributed by atoms with Crippen LogP contribution in [0.5, 0.6) is 0 Å². The molecule has 0 radical (unpaired) electrons. The summed E-state index contributed by atoms with van der Waals surface area (Å²) in [7, 11) is 2.00. The van der Waals surface area contributed by atoms with Crippen molar-refractivity contribution in [2.24, 2.45) is 0 Å². The number of hydrogen-bond donors (Lipinski definition) is 2. The Hall–Kier alpha value is 0.650. The molecule has 0 unspecified atom stereocenters. The van der Waals surface area contributed by atoms with Crippen LogP contribution in [0.3, 0.4) is 0 Å². The number of nitrogens with one attached hydrogen (secondary N) is 1. The number of alkyl halides is 1. The first-order valence-corrected chi connectivity index (χ1v) is 5.53. The molecule has 0 aliphatic carbocycles. The number of aliphatic hydroxyl groups is 1. The Bertz CT molecular complexity index is 61.0. The summed E-state index contributed by atoms with van der Waals surface area (Å²) in [4.78, 5) is 0. The van der Waals surface area contributed by atoms with Gasteiger partial charge >= 0.3 is 67.5 Å². The van der Waals surface area contributed by atoms with Crippen molar-refractivity contribution < 1.29 is 26.6 Å². The minimum atomic E-state index is 0.192. The minimum absolute atomic E-state index is 0.192. The quantitative estimate of drug-likeness (QED) is 0.315. The Balaban J connectivity index is 2.95. The molecule has 0 heterocycles. The van der Waals surface area contributed by atoms with Crippen LogP contribution in [0.4, 0.5) is 0 Å². The molecule has 0 aromatic rings. The van der Waals surface area contributed by atoms with Gasteiger partial charge in [0.2, 0.25) is 0 Å². The summed E-state index contributed by atoms with van der Waals surface area (Å²) in [5, 5.41) is 8.48. The molecular formula is C6H15INO-. The van der Waals surface area contributed by atoms with Crippen LogP contribution >= 0.6 is 0 Å². The molecule has 0 saturated heterocycles. The molecule has 0 bridgehead atoms. The zero-order chi connectivity index (χ0) is 7.11. The fourth-order valence-corrected chi connectivity index (χ4v) is 2.43. The predicted molar refractivity (Wildman–Crippen MR) is 34.8 cm³/mol. The van der Waals surface area contributed by atoms with E-state index in [-0.39, 0.29) is 21.5 Å². The first-order chi connectivity index (χ1) is 4.31. The summed E-state index contributed by atoms with van der Waals surface area (Å²) in [5.74, 6) is 0. The molecule has 0 aromatic carbocycles. The molecular weight excluding hydrogens is 229 g/mol. The Morgan fingerprint density at radius 3 is 2.78 bits per heavy atom. The second-order valence-electron chi connectivity index (χ2n) is 1.94. The Kier molecular flexibility index (Phi) is 7.25. The average Bonchev–Trinajstić information content (AvgIpc) is 1.85. The number of halogens is 1. The molecule has 0 spiro atoms. The maximum atomic E-state index is 8.48. The molecule has 0 aliphatic heterocycles. The van der Waals surface area contributed by atoms with Crippen LogP contribution in [0.1, 0.15) is 19.8 Å². The Labute approximate surface area is 67.7 Å². The van der Waals surface area contributed by atoms with E-state index in [1.165, 1.54) is 6.42 Å². The van der Waals surface area contributed by atoms with Gasteiger partial charge in [-0.3, -0.25) is 0 Å². The topological polar surface area (TPSA) is 32.3 Å². The Morgan fingerprint density at radius 1 is 1.67 bits per heavy atom. The van der Waals surface area contributed by atoms with Crippen molar-refractivity contribution in [2.45, 2.75) is 23.7 Å². The molecule has 58 valence electrons. The van der Waals surface area contributed by atoms with E-state index in [2.05, 4.69) is 10.5 Å². The average molecular weight is 244 g/mol. The molecule has 3 heteroatoms. The van der Waals surface area contributed by atoms with Gasteiger partial charge in [0.25, 0.3) is 0 Å². The van der Waals surface area contributed by atoms with Gasteiger partial charge in [-0.25, -0.2) is 0 Å². The van der Waals surface area contributed by atoms with E-state index < -0.39 is 0 Å². The summed E-state index contributed by atoms with van der Waals surface area (Å²) >= 11 is 0.192. The van der Waals surface area contributed by atoms with Gasteiger partial charge in [0.05, 0.1) is 0 Å². The van der Waals surface area contributed by atoms with E-state index >= 15 is 0 Å². The first-order valence-electron chi connectivity index (χ1n) is 3.21. The predicted octanol–water partition coefficient (Wildman–Crippen LogP) is -2.63. The van der Waals surface area contributed by atoms with E-state index in [0.717, 1.165) is 10.3 Å². The van der Waals surface area contributed by atoms with Crippen molar-refractivity contribution in [3.63, 3.8) is 0 Å². The van der Waals surface area contributed by atoms with Crippen LogP contribution in [-0.2, 0) is 0 Å². The molecule has 0 saturated carbocycles. The summed E-state index contributed by atoms with van der Waals surface area (Å²) < 4.78 is 4.01. The number of aliphatic hydroxyl groups excluding tert-OH is 1. The van der Waals surface area contributed by atoms with Gasteiger partial charge in [-0.15, -0.1) is 0 Å². The molecule has 0 rings (SSSR count). The van der Waals surface area contributed by atoms with Crippen molar-refractivity contribution in [3.8, 4) is 0 Å². The van der Waals surface area contributed by atoms with Gasteiger partial charge in [0.15, 0.2) is 0 Å². The van der Waals surface area contributed by atoms with Crippen LogP contribution < -0.4 is 25.0 Å². The number of rotatable bonds is 5. The monoisotopic (exact) mass is 244 g/mol. The summed E-state index contributed by atoms with van der Waals surface area (Å²) in [6.07, 6.45) is 2.13. The van der Waals surface area contributed by atoms with Crippen molar-refractivity contribution in [1.29, 1.82) is 0 Å². The maximum absolute atomic E-state index is 8.48. The molecule has 0 aliphatic rings. The van der Waals surface area contributed by atoms with Crippen molar-refractivity contribution in [2.75, 3.05) is 13.7 Å². The summed E-state index contributed by atoms with van der Waals surface area (Å²) in [5.41, 5.74) is 0. The molecule has 2 nitrogen and oxygen atoms in total. The second kappa shape index (κ2) is 6.77. The van der Waals surface area contributed by atoms with Crippen LogP contribution in [0, 0.1) is 0 Å². The molecule has 2 N–H and O–H groups in total. The zero-order valence-electron chi connectivity index (χ0n) is 6.02. The van der Waals surface area contributed by atoms with Gasteiger partial charge in [-0.05, 0) is 0 Å². The van der Waals surface area contributed by atoms with E-state index in [9.17, 15) is 0 Å². The third kappa shape index (κ3) is 6.54. The van der Waals surface area contributed by atoms with Crippen molar-refractivity contribution in [1.82, 2.24) is 3.53 Å². The van der Waals surface area contributed by atoms with Gasteiger partial charge in [0.1, 0.15) is 0 Å². The van der Waals surface area contributed by atoms with E-state index in [4.69, 9.17) is 5.11 Å². The molecule has 0 amide bonds. The van der Waals surface area contributed by atoms with E-state index in [1.807, 2.05) is 7.05 Å². The van der Waals surface area contributed by atoms with E-state index in [0.29, 0.717) is 6.61 Å². The summed E-state index contributed by atoms with van der Waals surface area (Å²) in [6, 6.07) is 0. The third-order valence-electron chi connectivity index (χ3n) is 1.06. The SMILES string of the molecule is CN[I-][C@H](C)CCCO. The van der Waals surface area contributed by atoms with Crippen LogP contribution in [-0.4, -0.2) is 22.7 Å². The molecule has 9 heavy (non-hydrogen) atoms. The van der Waals surface area contributed by atoms with Crippen LogP contribution in [0.25, 0.3) is 0 Å². The van der Waals surface area contributed by atoms with Crippen LogP contribution in [0.2, 0.25) is 0 Å². The first kappa shape index (κ1) is 9.65. The van der Waals surface area contributed by atoms with Gasteiger partial charge in [-0.1, -0.05) is 0 Å². The van der Waals surface area contributed by atoms with Gasteiger partial charge < -0.3 is 0 Å². The number of hydrogen-bond acceptors (Lipinski definition) is 2. The van der Waals surface area contributed by atoms with Crippen molar-refractivity contribution in [3.05, 3.63) is 0 Å². The normalized spacial score (nSPS) is 14.1. The van der Waals surface area contributed by atoms with Gasteiger partial charge in [-0.2, -0.15) is 0 Å². The molecule has 0 aromatic heterocycles. The third-order valence-corrected chi connectivity index (χ3v) is 3.36. The standard InChI is InChI=1S/C6H15INO/c1-6(7-8-2)4-3-5-9/h6,8-9H,3-5H2,1-2H3/q-1/t6-/m1/s1.